The molecule has 3 nitrogen and oxygen atoms in total. The van der Waals surface area contributed by atoms with Crippen molar-refractivity contribution in [3.63, 3.8) is 0 Å². The highest BCUT2D eigenvalue weighted by Gasteiger charge is 2.25. The molecule has 1 heterocycles. The predicted octanol–water partition coefficient (Wildman–Crippen LogP) is 5.13. The van der Waals surface area contributed by atoms with Crippen molar-refractivity contribution < 1.29 is 26.7 Å². The third-order valence-corrected chi connectivity index (χ3v) is 6.33. The number of aromatic hydroxyl groups is 1. The van der Waals surface area contributed by atoms with E-state index in [1.807, 2.05) is 97.1 Å². The van der Waals surface area contributed by atoms with E-state index in [0.29, 0.717) is 28.0 Å². The van der Waals surface area contributed by atoms with Gasteiger partial charge in [-0.3, -0.25) is 4.79 Å². The van der Waals surface area contributed by atoms with Crippen molar-refractivity contribution in [1.29, 1.82) is 0 Å². The first-order valence-electron chi connectivity index (χ1n) is 11.5. The third-order valence-electron chi connectivity index (χ3n) is 6.33. The highest BCUT2D eigenvalue weighted by Crippen LogP contribution is 2.32. The van der Waals surface area contributed by atoms with Gasteiger partial charge in [-0.05, 0) is 45.8 Å². The smallest absolute Gasteiger partial charge is 0.364 e. The Morgan fingerprint density at radius 1 is 0.667 bits per heavy atom. The first-order chi connectivity index (χ1) is 17.2. The first-order valence-corrected chi connectivity index (χ1v) is 11.5. The largest absolute Gasteiger partial charge is 1.00 e. The molecule has 1 aromatic heterocycles. The fourth-order valence-corrected chi connectivity index (χ4v) is 4.57. The zero-order valence-electron chi connectivity index (χ0n) is 19.2. The van der Waals surface area contributed by atoms with E-state index in [4.69, 9.17) is 4.42 Å². The van der Waals surface area contributed by atoms with Gasteiger partial charge in [0.05, 0.1) is 5.39 Å². The maximum atomic E-state index is 13.6. The second-order valence-corrected chi connectivity index (χ2v) is 8.47. The molecule has 0 amide bonds. The number of ketones is 1. The summed E-state index contributed by atoms with van der Waals surface area (Å²) < 4.78 is 6.33. The van der Waals surface area contributed by atoms with Gasteiger partial charge in [0.15, 0.2) is 0 Å². The van der Waals surface area contributed by atoms with Crippen molar-refractivity contribution in [2.45, 2.75) is 0 Å². The van der Waals surface area contributed by atoms with Crippen molar-refractivity contribution in [3.05, 3.63) is 132 Å². The van der Waals surface area contributed by atoms with E-state index in [1.165, 1.54) is 0 Å². The Labute approximate surface area is 214 Å². The molecule has 0 aliphatic rings. The maximum Gasteiger partial charge on any atom is 0.364 e. The SMILES string of the molecule is O=C(c1ccccc1)c1cc2c(ccc3ccccc32)[o+]c1/C=C\c1c(O)ccc2ccccc12.[Cl-]. The van der Waals surface area contributed by atoms with Crippen LogP contribution in [0.4, 0.5) is 0 Å². The minimum Gasteiger partial charge on any atom is -1.00 e. The molecular formula is C32H21ClO3. The number of fused-ring (bicyclic) bond motifs is 4. The number of halogens is 1. The van der Waals surface area contributed by atoms with Crippen LogP contribution in [0.25, 0.3) is 44.7 Å². The lowest BCUT2D eigenvalue weighted by Gasteiger charge is -2.05. The van der Waals surface area contributed by atoms with E-state index < -0.39 is 0 Å². The zero-order valence-corrected chi connectivity index (χ0v) is 19.9. The molecule has 4 heteroatoms. The van der Waals surface area contributed by atoms with Gasteiger partial charge in [-0.2, -0.15) is 0 Å². The summed E-state index contributed by atoms with van der Waals surface area (Å²) >= 11 is 0. The van der Waals surface area contributed by atoms with Crippen LogP contribution >= 0.6 is 0 Å². The van der Waals surface area contributed by atoms with Gasteiger partial charge in [0.1, 0.15) is 11.3 Å². The summed E-state index contributed by atoms with van der Waals surface area (Å²) in [5.41, 5.74) is 2.42. The summed E-state index contributed by atoms with van der Waals surface area (Å²) in [6.45, 7) is 0. The predicted molar refractivity (Wildman–Crippen MR) is 143 cm³/mol. The van der Waals surface area contributed by atoms with Crippen LogP contribution < -0.4 is 12.4 Å². The number of carbonyl (C=O) groups excluding carboxylic acids is 1. The molecule has 0 aliphatic carbocycles. The lowest BCUT2D eigenvalue weighted by atomic mass is 9.98. The van der Waals surface area contributed by atoms with Gasteiger partial charge in [0.2, 0.25) is 5.78 Å². The molecule has 0 unspecified atom stereocenters. The molecule has 36 heavy (non-hydrogen) atoms. The molecule has 6 rings (SSSR count). The fraction of sp³-hybridized carbons (Fsp3) is 0. The monoisotopic (exact) mass is 488 g/mol. The molecule has 174 valence electrons. The standard InChI is InChI=1S/C32H20O3.ClH/c33-29-17-14-21-8-4-6-12-24(21)26(29)16-19-31-28(32(34)23-10-2-1-3-11-23)20-27-25-13-7-5-9-22(25)15-18-30(27)35-31;/h1-20H;1H. The molecule has 0 atom stereocenters. The Morgan fingerprint density at radius 2 is 1.31 bits per heavy atom. The highest BCUT2D eigenvalue weighted by molar-refractivity contribution is 6.15. The molecule has 1 N–H and O–H groups in total. The Kier molecular flexibility index (Phi) is 6.24. The van der Waals surface area contributed by atoms with Gasteiger partial charge in [-0.25, -0.2) is 4.42 Å². The first kappa shape index (κ1) is 23.3. The zero-order chi connectivity index (χ0) is 23.8. The Bertz CT molecular complexity index is 1770. The van der Waals surface area contributed by atoms with Crippen LogP contribution in [-0.2, 0) is 0 Å². The van der Waals surface area contributed by atoms with Crippen LogP contribution in [0.2, 0.25) is 0 Å². The Balaban J connectivity index is 0.00000267. The van der Waals surface area contributed by atoms with Gasteiger partial charge in [-0.1, -0.05) is 84.9 Å². The molecule has 0 radical (unpaired) electrons. The third kappa shape index (κ3) is 4.10. The van der Waals surface area contributed by atoms with Gasteiger partial charge in [0.25, 0.3) is 0 Å². The Hall–Kier alpha value is -4.47. The minimum absolute atomic E-state index is 0. The van der Waals surface area contributed by atoms with E-state index in [9.17, 15) is 9.90 Å². The second kappa shape index (κ2) is 9.65. The molecule has 0 saturated heterocycles. The summed E-state index contributed by atoms with van der Waals surface area (Å²) in [5.74, 6) is 0.489. The topological polar surface area (TPSA) is 48.6 Å². The number of carbonyl (C=O) groups is 1. The van der Waals surface area contributed by atoms with E-state index in [0.717, 1.165) is 26.9 Å². The summed E-state index contributed by atoms with van der Waals surface area (Å²) in [7, 11) is 0. The quantitative estimate of drug-likeness (QED) is 0.212. The van der Waals surface area contributed by atoms with Gasteiger partial charge in [0, 0.05) is 23.3 Å². The lowest BCUT2D eigenvalue weighted by Crippen LogP contribution is -3.00. The van der Waals surface area contributed by atoms with E-state index >= 15 is 0 Å². The van der Waals surface area contributed by atoms with Crippen LogP contribution in [0.5, 0.6) is 5.75 Å². The van der Waals surface area contributed by atoms with Gasteiger partial charge in [-0.15, -0.1) is 0 Å². The summed E-state index contributed by atoms with van der Waals surface area (Å²) in [6, 6.07) is 34.6. The molecule has 0 saturated carbocycles. The highest BCUT2D eigenvalue weighted by atomic mass is 35.5. The molecule has 6 aromatic rings. The number of rotatable bonds is 4. The Morgan fingerprint density at radius 3 is 2.08 bits per heavy atom. The van der Waals surface area contributed by atoms with Crippen LogP contribution in [0, 0.1) is 0 Å². The van der Waals surface area contributed by atoms with E-state index in [1.54, 1.807) is 24.3 Å². The van der Waals surface area contributed by atoms with Gasteiger partial charge >= 0.3 is 11.3 Å². The maximum absolute atomic E-state index is 13.6. The van der Waals surface area contributed by atoms with Crippen LogP contribution in [0.15, 0.2) is 114 Å². The van der Waals surface area contributed by atoms with E-state index in [-0.39, 0.29) is 23.9 Å². The summed E-state index contributed by atoms with van der Waals surface area (Å²) in [5, 5.41) is 15.5. The minimum atomic E-state index is -0.119. The lowest BCUT2D eigenvalue weighted by molar-refractivity contribution is -0.0000154. The normalized spacial score (nSPS) is 11.2. The van der Waals surface area contributed by atoms with Crippen molar-refractivity contribution >= 4 is 50.4 Å². The van der Waals surface area contributed by atoms with Gasteiger partial charge < -0.3 is 17.5 Å². The van der Waals surface area contributed by atoms with Crippen LogP contribution in [-0.4, -0.2) is 10.9 Å². The van der Waals surface area contributed by atoms with Crippen LogP contribution in [0.3, 0.4) is 0 Å². The second-order valence-electron chi connectivity index (χ2n) is 8.47. The average Bonchev–Trinajstić information content (AvgIpc) is 2.92. The number of phenolic OH excluding ortho intramolecular Hbond substituents is 1. The van der Waals surface area contributed by atoms with E-state index in [2.05, 4.69) is 0 Å². The van der Waals surface area contributed by atoms with Crippen molar-refractivity contribution in [2.24, 2.45) is 0 Å². The number of phenols is 1. The molecule has 0 spiro atoms. The molecule has 5 aromatic carbocycles. The van der Waals surface area contributed by atoms with Crippen molar-refractivity contribution in [3.8, 4) is 5.75 Å². The fourth-order valence-electron chi connectivity index (χ4n) is 4.57. The molecule has 0 aliphatic heterocycles. The molecule has 0 fully saturated rings. The van der Waals surface area contributed by atoms with Crippen molar-refractivity contribution in [2.75, 3.05) is 0 Å². The average molecular weight is 489 g/mol. The van der Waals surface area contributed by atoms with Crippen molar-refractivity contribution in [1.82, 2.24) is 0 Å². The van der Waals surface area contributed by atoms with Crippen LogP contribution in [0.1, 0.15) is 27.2 Å². The summed E-state index contributed by atoms with van der Waals surface area (Å²) in [4.78, 5) is 13.6. The number of benzene rings is 5. The number of hydrogen-bond acceptors (Lipinski definition) is 2. The molecule has 0 bridgehead atoms. The summed E-state index contributed by atoms with van der Waals surface area (Å²) in [6.07, 6.45) is 3.58. The number of hydrogen-bond donors (Lipinski definition) is 1. The molecular weight excluding hydrogens is 468 g/mol.